The molecule has 1 aliphatic heterocycles. The number of aliphatic hydroxyl groups is 1. The van der Waals surface area contributed by atoms with Crippen LogP contribution >= 0.6 is 11.8 Å². The maximum absolute atomic E-state index is 11.6. The van der Waals surface area contributed by atoms with Gasteiger partial charge >= 0.3 is 0 Å². The minimum Gasteiger partial charge on any atom is -0.491 e. The molecule has 3 rings (SSSR count). The Labute approximate surface area is 159 Å². The van der Waals surface area contributed by atoms with E-state index in [1.165, 1.54) is 10.5 Å². The Kier molecular flexibility index (Phi) is 6.72. The minimum absolute atomic E-state index is 0.117. The van der Waals surface area contributed by atoms with Crippen molar-refractivity contribution in [3.8, 4) is 5.75 Å². The van der Waals surface area contributed by atoms with Crippen LogP contribution in [0.2, 0.25) is 0 Å². The van der Waals surface area contributed by atoms with Gasteiger partial charge in [-0.2, -0.15) is 0 Å². The molecule has 0 aromatic heterocycles. The van der Waals surface area contributed by atoms with Crippen molar-refractivity contribution in [2.75, 3.05) is 18.9 Å². The number of fused-ring (bicyclic) bond motifs is 1. The average Bonchev–Trinajstić information content (AvgIpc) is 2.70. The fraction of sp³-hybridized carbons (Fsp3) is 0.381. The number of hydrogen-bond donors (Lipinski definition) is 2. The molecule has 0 radical (unpaired) electrons. The molecule has 0 aliphatic carbocycles. The highest BCUT2D eigenvalue weighted by molar-refractivity contribution is 7.99. The van der Waals surface area contributed by atoms with Crippen molar-refractivity contribution in [3.05, 3.63) is 59.7 Å². The molecule has 2 aromatic carbocycles. The Hall–Kier alpha value is -1.82. The maximum atomic E-state index is 11.6. The highest BCUT2D eigenvalue weighted by Crippen LogP contribution is 2.35. The summed E-state index contributed by atoms with van der Waals surface area (Å²) in [6.45, 7) is 2.55. The van der Waals surface area contributed by atoms with E-state index in [1.807, 2.05) is 18.7 Å². The van der Waals surface area contributed by atoms with Gasteiger partial charge in [-0.05, 0) is 48.1 Å². The maximum Gasteiger partial charge on any atom is 0.162 e. The molecule has 2 N–H and O–H groups in total. The average molecular weight is 372 g/mol. The van der Waals surface area contributed by atoms with E-state index in [1.54, 1.807) is 24.3 Å². The van der Waals surface area contributed by atoms with E-state index in [0.29, 0.717) is 24.3 Å². The number of benzene rings is 2. The summed E-state index contributed by atoms with van der Waals surface area (Å²) in [7, 11) is 0. The van der Waals surface area contributed by atoms with Crippen LogP contribution in [0.25, 0.3) is 0 Å². The molecule has 2 atom stereocenters. The summed E-state index contributed by atoms with van der Waals surface area (Å²) >= 11 is 1.89. The number of Topliss-reactive ketones (excluding diaryl/α,β-unsaturated/α-hetero) is 1. The van der Waals surface area contributed by atoms with Gasteiger partial charge in [0.05, 0.1) is 0 Å². The van der Waals surface area contributed by atoms with Crippen LogP contribution in [0.1, 0.15) is 41.7 Å². The van der Waals surface area contributed by atoms with Crippen LogP contribution in [-0.4, -0.2) is 35.9 Å². The summed E-state index contributed by atoms with van der Waals surface area (Å²) in [6, 6.07) is 15.8. The summed E-state index contributed by atoms with van der Waals surface area (Å²) < 4.78 is 5.64. The van der Waals surface area contributed by atoms with Crippen LogP contribution in [0.3, 0.4) is 0 Å². The van der Waals surface area contributed by atoms with Gasteiger partial charge < -0.3 is 15.2 Å². The van der Waals surface area contributed by atoms with Crippen LogP contribution in [0.4, 0.5) is 0 Å². The van der Waals surface area contributed by atoms with Crippen molar-refractivity contribution in [1.82, 2.24) is 5.32 Å². The van der Waals surface area contributed by atoms with Crippen molar-refractivity contribution in [2.24, 2.45) is 0 Å². The largest absolute Gasteiger partial charge is 0.491 e. The van der Waals surface area contributed by atoms with Crippen molar-refractivity contribution in [3.63, 3.8) is 0 Å². The second kappa shape index (κ2) is 9.21. The molecule has 0 amide bonds. The zero-order valence-corrected chi connectivity index (χ0v) is 15.8. The first-order chi connectivity index (χ1) is 12.7. The standard InChI is InChI=1S/C21H25NO3S/c1-2-20(24)15-7-9-17(10-8-15)25-14-16(23)13-22-19-11-12-26-21-6-4-3-5-18(19)21/h3-10,16,19,22-23H,2,11-14H2,1H3/t16-,19+/m0/s1. The summed E-state index contributed by atoms with van der Waals surface area (Å²) in [4.78, 5) is 12.9. The number of thioether (sulfide) groups is 1. The fourth-order valence-electron chi connectivity index (χ4n) is 3.02. The molecule has 2 aromatic rings. The van der Waals surface area contributed by atoms with Gasteiger partial charge in [0.2, 0.25) is 0 Å². The zero-order chi connectivity index (χ0) is 18.4. The molecule has 0 saturated heterocycles. The van der Waals surface area contributed by atoms with Crippen molar-refractivity contribution >= 4 is 17.5 Å². The Morgan fingerprint density at radius 2 is 2.04 bits per heavy atom. The van der Waals surface area contributed by atoms with Gasteiger partial charge in [0.25, 0.3) is 0 Å². The number of ketones is 1. The first kappa shape index (κ1) is 19.0. The Morgan fingerprint density at radius 3 is 2.81 bits per heavy atom. The monoisotopic (exact) mass is 371 g/mol. The summed E-state index contributed by atoms with van der Waals surface area (Å²) in [5.74, 6) is 1.87. The van der Waals surface area contributed by atoms with Crippen molar-refractivity contribution in [2.45, 2.75) is 36.8 Å². The summed E-state index contributed by atoms with van der Waals surface area (Å²) in [5.41, 5.74) is 2.00. The van der Waals surface area contributed by atoms with Gasteiger partial charge in [0.1, 0.15) is 18.5 Å². The lowest BCUT2D eigenvalue weighted by molar-refractivity contribution is 0.0986. The number of carbonyl (C=O) groups excluding carboxylic acids is 1. The SMILES string of the molecule is CCC(=O)c1ccc(OC[C@@H](O)CN[C@@H]2CCSc3ccccc32)cc1. The third-order valence-electron chi connectivity index (χ3n) is 4.50. The number of nitrogens with one attached hydrogen (secondary N) is 1. The zero-order valence-electron chi connectivity index (χ0n) is 15.0. The highest BCUT2D eigenvalue weighted by atomic mass is 32.2. The molecular weight excluding hydrogens is 346 g/mol. The predicted octanol–water partition coefficient (Wildman–Crippen LogP) is 3.85. The van der Waals surface area contributed by atoms with E-state index >= 15 is 0 Å². The van der Waals surface area contributed by atoms with Gasteiger partial charge in [-0.15, -0.1) is 11.8 Å². The molecule has 0 saturated carbocycles. The Morgan fingerprint density at radius 1 is 1.27 bits per heavy atom. The van der Waals surface area contributed by atoms with Crippen LogP contribution in [0.15, 0.2) is 53.4 Å². The van der Waals surface area contributed by atoms with Gasteiger partial charge in [0, 0.05) is 29.5 Å². The molecule has 5 heteroatoms. The third-order valence-corrected chi connectivity index (χ3v) is 5.62. The van der Waals surface area contributed by atoms with E-state index in [9.17, 15) is 9.90 Å². The lowest BCUT2D eigenvalue weighted by Gasteiger charge is -2.27. The third kappa shape index (κ3) is 4.87. The fourth-order valence-corrected chi connectivity index (χ4v) is 4.15. The molecule has 0 spiro atoms. The smallest absolute Gasteiger partial charge is 0.162 e. The van der Waals surface area contributed by atoms with Crippen LogP contribution < -0.4 is 10.1 Å². The number of hydrogen-bond acceptors (Lipinski definition) is 5. The Bertz CT molecular complexity index is 732. The van der Waals surface area contributed by atoms with Gasteiger partial charge in [0.15, 0.2) is 5.78 Å². The second-order valence-electron chi connectivity index (χ2n) is 6.40. The Balaban J connectivity index is 1.46. The molecule has 4 nitrogen and oxygen atoms in total. The first-order valence-corrected chi connectivity index (χ1v) is 10.0. The van der Waals surface area contributed by atoms with Crippen LogP contribution in [-0.2, 0) is 0 Å². The molecule has 26 heavy (non-hydrogen) atoms. The number of carbonyl (C=O) groups is 1. The molecule has 0 fully saturated rings. The molecule has 138 valence electrons. The number of aliphatic hydroxyl groups excluding tert-OH is 1. The van der Waals surface area contributed by atoms with E-state index < -0.39 is 6.10 Å². The molecule has 0 unspecified atom stereocenters. The van der Waals surface area contributed by atoms with Crippen LogP contribution in [0.5, 0.6) is 5.75 Å². The first-order valence-electron chi connectivity index (χ1n) is 9.06. The molecule has 1 aliphatic rings. The predicted molar refractivity (Wildman–Crippen MR) is 105 cm³/mol. The van der Waals surface area contributed by atoms with Gasteiger partial charge in [-0.3, -0.25) is 4.79 Å². The molecule has 1 heterocycles. The minimum atomic E-state index is -0.589. The number of rotatable bonds is 8. The summed E-state index contributed by atoms with van der Waals surface area (Å²) in [5, 5.41) is 13.7. The van der Waals surface area contributed by atoms with E-state index in [-0.39, 0.29) is 18.4 Å². The van der Waals surface area contributed by atoms with Crippen molar-refractivity contribution in [1.29, 1.82) is 0 Å². The van der Waals surface area contributed by atoms with Gasteiger partial charge in [-0.25, -0.2) is 0 Å². The normalized spacial score (nSPS) is 17.4. The number of ether oxygens (including phenoxy) is 1. The van der Waals surface area contributed by atoms with Gasteiger partial charge in [-0.1, -0.05) is 25.1 Å². The molecular formula is C21H25NO3S. The van der Waals surface area contributed by atoms with Crippen LogP contribution in [0, 0.1) is 0 Å². The van der Waals surface area contributed by atoms with E-state index in [2.05, 4.69) is 29.6 Å². The van der Waals surface area contributed by atoms with E-state index in [0.717, 1.165) is 12.2 Å². The van der Waals surface area contributed by atoms with E-state index in [4.69, 9.17) is 4.74 Å². The lowest BCUT2D eigenvalue weighted by Crippen LogP contribution is -2.35. The highest BCUT2D eigenvalue weighted by Gasteiger charge is 2.20. The second-order valence-corrected chi connectivity index (χ2v) is 7.54. The molecule has 0 bridgehead atoms. The van der Waals surface area contributed by atoms with Crippen molar-refractivity contribution < 1.29 is 14.6 Å². The topological polar surface area (TPSA) is 58.6 Å². The quantitative estimate of drug-likeness (QED) is 0.691. The lowest BCUT2D eigenvalue weighted by atomic mass is 10.0. The summed E-state index contributed by atoms with van der Waals surface area (Å²) in [6.07, 6.45) is 0.962.